The summed E-state index contributed by atoms with van der Waals surface area (Å²) in [7, 11) is -2.50. The van der Waals surface area contributed by atoms with E-state index in [1.54, 1.807) is 44.0 Å². The zero-order chi connectivity index (χ0) is 55.5. The van der Waals surface area contributed by atoms with Gasteiger partial charge in [0.2, 0.25) is 11.8 Å². The summed E-state index contributed by atoms with van der Waals surface area (Å²) in [5, 5.41) is 19.3. The number of sulfone groups is 1. The molecule has 2 aromatic carbocycles. The highest BCUT2D eigenvalue weighted by atomic mass is 32.2. The van der Waals surface area contributed by atoms with E-state index in [2.05, 4.69) is 67.3 Å². The van der Waals surface area contributed by atoms with E-state index in [1.807, 2.05) is 32.0 Å². The summed E-state index contributed by atoms with van der Waals surface area (Å²) >= 11 is 0. The number of aryl methyl sites for hydroxylation is 2. The van der Waals surface area contributed by atoms with Crippen molar-refractivity contribution in [1.29, 1.82) is 0 Å². The Labute approximate surface area is 453 Å². The average Bonchev–Trinajstić information content (AvgIpc) is 4.11. The third-order valence-corrected chi connectivity index (χ3v) is 17.9. The molecule has 24 heteroatoms. The molecule has 5 amide bonds. The largest absolute Gasteiger partial charge is 0.492 e. The number of fused-ring (bicyclic) bond motifs is 3. The van der Waals surface area contributed by atoms with Gasteiger partial charge in [0.15, 0.2) is 21.8 Å². The SMILES string of the molecule is CNC(=O)OC(C)C(=O)N[C@H]1CN(C(=O)c2cnc(N3CCN(CCCOc4cc5ncnc(Nc6n[nH]c(C)c6C)c5cc4S(=O)(=O)C(C)(C)C)CC3)cn2)CC[C@H]2CC[C@@H](C(=O)N[C@@H]3CCCc4ccccc43)N2C1=O. The Morgan fingerprint density at radius 2 is 1.68 bits per heavy atom. The van der Waals surface area contributed by atoms with Crippen molar-refractivity contribution in [1.82, 2.24) is 60.8 Å². The van der Waals surface area contributed by atoms with E-state index >= 15 is 0 Å². The molecule has 0 radical (unpaired) electrons. The monoisotopic (exact) mass is 1090 g/mol. The maximum Gasteiger partial charge on any atom is 0.407 e. The van der Waals surface area contributed by atoms with E-state index in [1.165, 1.54) is 37.0 Å². The molecule has 3 aliphatic heterocycles. The van der Waals surface area contributed by atoms with E-state index < -0.39 is 56.6 Å². The smallest absolute Gasteiger partial charge is 0.407 e. The number of nitrogens with one attached hydrogen (secondary N) is 5. The molecule has 23 nitrogen and oxygen atoms in total. The highest BCUT2D eigenvalue weighted by molar-refractivity contribution is 7.92. The van der Waals surface area contributed by atoms with Crippen LogP contribution in [0.5, 0.6) is 5.75 Å². The summed E-state index contributed by atoms with van der Waals surface area (Å²) in [6, 6.07) is 8.68. The summed E-state index contributed by atoms with van der Waals surface area (Å²) in [5.74, 6) is -0.162. The maximum atomic E-state index is 14.7. The highest BCUT2D eigenvalue weighted by Gasteiger charge is 2.46. The molecular weight excluding hydrogens is 1020 g/mol. The van der Waals surface area contributed by atoms with Gasteiger partial charge >= 0.3 is 6.09 Å². The second kappa shape index (κ2) is 23.2. The highest BCUT2D eigenvalue weighted by Crippen LogP contribution is 2.38. The Bertz CT molecular complexity index is 3160. The fraction of sp³-hybridized carbons (Fsp3) is 0.519. The van der Waals surface area contributed by atoms with Crippen LogP contribution in [-0.4, -0.2) is 171 Å². The van der Waals surface area contributed by atoms with Crippen molar-refractivity contribution in [2.24, 2.45) is 0 Å². The summed E-state index contributed by atoms with van der Waals surface area (Å²) in [4.78, 5) is 94.1. The maximum absolute atomic E-state index is 14.7. The van der Waals surface area contributed by atoms with Crippen molar-refractivity contribution in [2.45, 2.75) is 126 Å². The molecule has 3 saturated heterocycles. The van der Waals surface area contributed by atoms with Crippen molar-refractivity contribution in [3.63, 3.8) is 0 Å². The lowest BCUT2D eigenvalue weighted by Gasteiger charge is -2.39. The van der Waals surface area contributed by atoms with Gasteiger partial charge in [-0.1, -0.05) is 24.3 Å². The number of carbonyl (C=O) groups is 5. The molecule has 5 N–H and O–H groups in total. The van der Waals surface area contributed by atoms with Crippen LogP contribution >= 0.6 is 0 Å². The van der Waals surface area contributed by atoms with Gasteiger partial charge in [-0.05, 0) is 104 Å². The van der Waals surface area contributed by atoms with E-state index in [-0.39, 0.29) is 54.0 Å². The number of H-pyrrole nitrogens is 1. The molecule has 3 aromatic heterocycles. The van der Waals surface area contributed by atoms with Gasteiger partial charge in [-0.2, -0.15) is 5.10 Å². The number of rotatable bonds is 15. The number of nitrogens with zero attached hydrogens (tertiary/aromatic N) is 9. The first-order chi connectivity index (χ1) is 37.3. The minimum Gasteiger partial charge on any atom is -0.492 e. The third kappa shape index (κ3) is 11.8. The number of hydrogen-bond acceptors (Lipinski definition) is 17. The summed E-state index contributed by atoms with van der Waals surface area (Å²) in [6.07, 6.45) is 6.91. The van der Waals surface area contributed by atoms with Crippen LogP contribution in [0, 0.1) is 13.8 Å². The number of anilines is 3. The van der Waals surface area contributed by atoms with Gasteiger partial charge in [-0.25, -0.2) is 33.1 Å². The second-order valence-corrected chi connectivity index (χ2v) is 24.1. The van der Waals surface area contributed by atoms with E-state index in [4.69, 9.17) is 9.47 Å². The van der Waals surface area contributed by atoms with Gasteiger partial charge in [-0.15, -0.1) is 0 Å². The number of hydrogen-bond donors (Lipinski definition) is 5. The number of aromatic nitrogens is 6. The third-order valence-electron chi connectivity index (χ3n) is 15.4. The van der Waals surface area contributed by atoms with Crippen LogP contribution in [0.2, 0.25) is 0 Å². The quantitative estimate of drug-likeness (QED) is 0.0914. The van der Waals surface area contributed by atoms with E-state index in [0.717, 1.165) is 36.1 Å². The second-order valence-electron chi connectivity index (χ2n) is 21.4. The zero-order valence-corrected chi connectivity index (χ0v) is 46.1. The molecule has 6 heterocycles. The van der Waals surface area contributed by atoms with Crippen LogP contribution in [0.4, 0.5) is 22.2 Å². The van der Waals surface area contributed by atoms with Crippen molar-refractivity contribution in [3.8, 4) is 5.75 Å². The van der Waals surface area contributed by atoms with Gasteiger partial charge in [0, 0.05) is 75.1 Å². The Morgan fingerprint density at radius 1 is 0.897 bits per heavy atom. The molecule has 1 aliphatic carbocycles. The molecular formula is C54H70N14O9S. The molecule has 0 saturated carbocycles. The molecule has 5 aromatic rings. The molecule has 4 aliphatic rings. The standard InChI is InChI=1S/C54H70N14O9S/c1-32-33(2)63-64-47(32)62-48-38-26-45(78(74,75)54(4,5)6)44(27-40(38)58-31-59-48)76-25-11-19-65-21-23-66(24-22-65)46-29-56-41(28-57-46)51(71)67-20-18-36-16-17-43(50(70)60-39-15-10-13-35-12-8-9-14-37(35)39)68(36)52(72)42(30-67)61-49(69)34(3)77-53(73)55-7/h8-9,12,14,26-29,31,34,36,39,42-43H,10-11,13,15-25,30H2,1-7H3,(H,55,73)(H,60,70)(H,61,69)(H2,58,59,62,63,64)/t34?,36-,39-,42+,43+/m1/s1. The van der Waals surface area contributed by atoms with Crippen LogP contribution in [0.15, 0.2) is 60.0 Å². The van der Waals surface area contributed by atoms with Crippen LogP contribution < -0.4 is 30.9 Å². The van der Waals surface area contributed by atoms with Crippen LogP contribution in [0.1, 0.15) is 105 Å². The normalized spacial score (nSPS) is 20.4. The average molecular weight is 1090 g/mol. The first-order valence-corrected chi connectivity index (χ1v) is 28.2. The number of benzene rings is 2. The molecule has 78 heavy (non-hydrogen) atoms. The molecule has 1 unspecified atom stereocenters. The molecule has 0 spiro atoms. The number of amides is 5. The first kappa shape index (κ1) is 55.3. The Balaban J connectivity index is 0.815. The van der Waals surface area contributed by atoms with Crippen molar-refractivity contribution < 1.29 is 41.9 Å². The van der Waals surface area contributed by atoms with Crippen LogP contribution in [-0.2, 0) is 35.4 Å². The van der Waals surface area contributed by atoms with Crippen LogP contribution in [0.3, 0.4) is 0 Å². The van der Waals surface area contributed by atoms with Crippen molar-refractivity contribution in [2.75, 3.05) is 69.7 Å². The van der Waals surface area contributed by atoms with Gasteiger partial charge in [0.1, 0.15) is 46.4 Å². The molecule has 5 atom stereocenters. The van der Waals surface area contributed by atoms with Crippen LogP contribution in [0.25, 0.3) is 10.9 Å². The minimum absolute atomic E-state index is 0.0567. The predicted molar refractivity (Wildman–Crippen MR) is 290 cm³/mol. The van der Waals surface area contributed by atoms with Gasteiger partial charge < -0.3 is 45.4 Å². The first-order valence-electron chi connectivity index (χ1n) is 26.7. The van der Waals surface area contributed by atoms with Gasteiger partial charge in [-0.3, -0.25) is 29.2 Å². The molecule has 3 fully saturated rings. The minimum atomic E-state index is -3.86. The number of piperazine rings is 1. The molecule has 416 valence electrons. The topological polar surface area (TPSA) is 279 Å². The lowest BCUT2D eigenvalue weighted by molar-refractivity contribution is -0.145. The Kier molecular flexibility index (Phi) is 16.5. The lowest BCUT2D eigenvalue weighted by Crippen LogP contribution is -2.62. The fourth-order valence-electron chi connectivity index (χ4n) is 10.6. The fourth-order valence-corrected chi connectivity index (χ4v) is 11.9. The number of ether oxygens (including phenoxy) is 2. The number of alkyl carbamates (subject to hydrolysis) is 1. The summed E-state index contributed by atoms with van der Waals surface area (Å²) < 4.78 is 38.3. The van der Waals surface area contributed by atoms with Crippen molar-refractivity contribution in [3.05, 3.63) is 83.2 Å². The van der Waals surface area contributed by atoms with Crippen molar-refractivity contribution >= 4 is 67.9 Å². The predicted octanol–water partition coefficient (Wildman–Crippen LogP) is 4.30. The van der Waals surface area contributed by atoms with Gasteiger partial charge in [0.05, 0.1) is 41.9 Å². The van der Waals surface area contributed by atoms with E-state index in [9.17, 15) is 32.4 Å². The summed E-state index contributed by atoms with van der Waals surface area (Å²) in [5.41, 5.74) is 4.66. The molecule has 0 bridgehead atoms. The lowest BCUT2D eigenvalue weighted by atomic mass is 9.87. The summed E-state index contributed by atoms with van der Waals surface area (Å²) in [6.45, 7) is 13.8. The van der Waals surface area contributed by atoms with Gasteiger partial charge in [0.25, 0.3) is 11.8 Å². The van der Waals surface area contributed by atoms with E-state index in [0.29, 0.717) is 86.8 Å². The number of aromatic amines is 1. The molecule has 9 rings (SSSR count). The Morgan fingerprint density at radius 3 is 2.40 bits per heavy atom. The Hall–Kier alpha value is -7.47. The number of carbonyl (C=O) groups excluding carboxylic acids is 5. The zero-order valence-electron chi connectivity index (χ0n) is 45.3.